The Morgan fingerprint density at radius 2 is 1.63 bits per heavy atom. The van der Waals surface area contributed by atoms with Gasteiger partial charge in [-0.1, -0.05) is 24.3 Å². The average molecular weight is 664 g/mol. The van der Waals surface area contributed by atoms with Crippen LogP contribution in [0.3, 0.4) is 0 Å². The normalized spacial score (nSPS) is 24.6. The highest BCUT2D eigenvalue weighted by atomic mass is 16.3. The first-order chi connectivity index (χ1) is 23.7. The molecule has 2 atom stereocenters. The zero-order valence-electron chi connectivity index (χ0n) is 28.1. The molecule has 8 rings (SSSR count). The Hall–Kier alpha value is -4.35. The molecule has 5 aliphatic rings. The first kappa shape index (κ1) is 31.9. The summed E-state index contributed by atoms with van der Waals surface area (Å²) in [6.45, 7) is 6.26. The van der Waals surface area contributed by atoms with Gasteiger partial charge in [0.2, 0.25) is 17.8 Å². The maximum absolute atomic E-state index is 13.3. The highest BCUT2D eigenvalue weighted by molar-refractivity contribution is 6.05. The van der Waals surface area contributed by atoms with Crippen molar-refractivity contribution in [1.29, 1.82) is 0 Å². The lowest BCUT2D eigenvalue weighted by Gasteiger charge is -2.39. The van der Waals surface area contributed by atoms with Crippen molar-refractivity contribution in [3.8, 4) is 0 Å². The summed E-state index contributed by atoms with van der Waals surface area (Å²) in [5.74, 6) is 0.498. The van der Waals surface area contributed by atoms with Gasteiger partial charge in [-0.3, -0.25) is 24.6 Å². The van der Waals surface area contributed by atoms with Gasteiger partial charge in [0.1, 0.15) is 6.04 Å². The second-order valence-electron chi connectivity index (χ2n) is 14.7. The molecule has 4 aliphatic heterocycles. The Balaban J connectivity index is 0.827. The van der Waals surface area contributed by atoms with Crippen molar-refractivity contribution >= 4 is 29.4 Å². The van der Waals surface area contributed by atoms with E-state index in [-0.39, 0.29) is 24.3 Å². The molecule has 4 fully saturated rings. The number of piperidine rings is 3. The largest absolute Gasteiger partial charge is 0.385 e. The average Bonchev–Trinajstić information content (AvgIpc) is 3.94. The molecule has 11 heteroatoms. The van der Waals surface area contributed by atoms with E-state index in [1.165, 1.54) is 29.7 Å². The number of imide groups is 1. The van der Waals surface area contributed by atoms with Crippen LogP contribution in [0.1, 0.15) is 103 Å². The van der Waals surface area contributed by atoms with Gasteiger partial charge >= 0.3 is 0 Å². The minimum atomic E-state index is -0.979. The fraction of sp³-hybridized carbons (Fsp3) is 0.500. The number of likely N-dealkylation sites (tertiary alicyclic amines) is 1. The number of hydrogen-bond acceptors (Lipinski definition) is 9. The molecule has 1 saturated carbocycles. The smallest absolute Gasteiger partial charge is 0.255 e. The Morgan fingerprint density at radius 1 is 0.918 bits per heavy atom. The van der Waals surface area contributed by atoms with Crippen LogP contribution in [-0.2, 0) is 21.7 Å². The Labute approximate surface area is 287 Å². The molecule has 2 aromatic carbocycles. The predicted octanol–water partition coefficient (Wildman–Crippen LogP) is 4.24. The van der Waals surface area contributed by atoms with Gasteiger partial charge in [0.25, 0.3) is 5.91 Å². The minimum absolute atomic E-state index is 0.196. The highest BCUT2D eigenvalue weighted by Crippen LogP contribution is 2.41. The number of nitrogens with zero attached hydrogens (tertiary/aromatic N) is 5. The number of amides is 3. The summed E-state index contributed by atoms with van der Waals surface area (Å²) < 4.78 is 0. The van der Waals surface area contributed by atoms with Gasteiger partial charge in [-0.05, 0) is 98.2 Å². The van der Waals surface area contributed by atoms with E-state index in [1.54, 1.807) is 11.0 Å². The zero-order valence-corrected chi connectivity index (χ0v) is 28.1. The Bertz CT molecular complexity index is 1730. The fourth-order valence-corrected chi connectivity index (χ4v) is 8.16. The third-order valence-corrected chi connectivity index (χ3v) is 11.4. The van der Waals surface area contributed by atoms with Crippen molar-refractivity contribution in [2.75, 3.05) is 36.4 Å². The van der Waals surface area contributed by atoms with Crippen LogP contribution >= 0.6 is 0 Å². The summed E-state index contributed by atoms with van der Waals surface area (Å²) in [5.41, 5.74) is 5.01. The van der Waals surface area contributed by atoms with Crippen LogP contribution in [-0.4, -0.2) is 80.9 Å². The number of carbonyl (C=O) groups is 3. The van der Waals surface area contributed by atoms with Gasteiger partial charge < -0.3 is 20.2 Å². The van der Waals surface area contributed by atoms with Crippen LogP contribution in [0, 0.1) is 0 Å². The van der Waals surface area contributed by atoms with E-state index in [0.717, 1.165) is 62.6 Å². The molecular formula is C38H45N7O4. The molecular weight excluding hydrogens is 618 g/mol. The molecule has 1 aliphatic carbocycles. The minimum Gasteiger partial charge on any atom is -0.385 e. The fourth-order valence-electron chi connectivity index (χ4n) is 8.16. The number of nitrogens with one attached hydrogen (secondary N) is 2. The van der Waals surface area contributed by atoms with Crippen molar-refractivity contribution in [3.63, 3.8) is 0 Å². The monoisotopic (exact) mass is 663 g/mol. The highest BCUT2D eigenvalue weighted by Gasteiger charge is 2.44. The van der Waals surface area contributed by atoms with Crippen molar-refractivity contribution in [3.05, 3.63) is 82.7 Å². The number of hydrogen-bond donors (Lipinski definition) is 3. The summed E-state index contributed by atoms with van der Waals surface area (Å²) in [5, 5.41) is 17.7. The topological polar surface area (TPSA) is 131 Å². The van der Waals surface area contributed by atoms with Gasteiger partial charge in [0.05, 0.1) is 11.6 Å². The summed E-state index contributed by atoms with van der Waals surface area (Å²) in [6, 6.07) is 13.9. The number of carbonyl (C=O) groups excluding carboxylic acids is 3. The summed E-state index contributed by atoms with van der Waals surface area (Å²) >= 11 is 0. The van der Waals surface area contributed by atoms with Gasteiger partial charge in [0.15, 0.2) is 0 Å². The molecule has 5 heterocycles. The molecule has 3 aromatic rings. The SMILES string of the molecule is C[C@@H]1c2cc(C3(O)CCN(Cc4ccc(N5CCC(Nc6ncc(C7CC7)cn6)CC5)cc4)CC3)ccc2C(=O)N1[C@H]1CCC(=O)NC1=O. The third kappa shape index (κ3) is 6.41. The van der Waals surface area contributed by atoms with Crippen molar-refractivity contribution < 1.29 is 19.5 Å². The van der Waals surface area contributed by atoms with Crippen LogP contribution in [0.15, 0.2) is 54.9 Å². The molecule has 1 aromatic heterocycles. The molecule has 3 amide bonds. The van der Waals surface area contributed by atoms with Crippen LogP contribution < -0.4 is 15.5 Å². The van der Waals surface area contributed by atoms with Crippen LogP contribution in [0.25, 0.3) is 0 Å². The molecule has 256 valence electrons. The number of aromatic nitrogens is 2. The zero-order chi connectivity index (χ0) is 33.7. The van der Waals surface area contributed by atoms with Gasteiger partial charge in [0, 0.05) is 68.8 Å². The lowest BCUT2D eigenvalue weighted by atomic mass is 9.82. The molecule has 0 radical (unpaired) electrons. The second-order valence-corrected chi connectivity index (χ2v) is 14.7. The van der Waals surface area contributed by atoms with Crippen LogP contribution in [0.4, 0.5) is 11.6 Å². The molecule has 0 bridgehead atoms. The number of rotatable bonds is 8. The van der Waals surface area contributed by atoms with E-state index in [2.05, 4.69) is 54.7 Å². The summed E-state index contributed by atoms with van der Waals surface area (Å²) in [7, 11) is 0. The van der Waals surface area contributed by atoms with Crippen LogP contribution in [0.2, 0.25) is 0 Å². The quantitative estimate of drug-likeness (QED) is 0.303. The van der Waals surface area contributed by atoms with Crippen molar-refractivity contribution in [2.24, 2.45) is 0 Å². The standard InChI is InChI=1S/C38H45N7O4/c1-24-32-20-28(6-9-31(32)36(48)45(24)33-10-11-34(46)42-35(33)47)38(49)14-18-43(19-15-38)23-25-2-7-30(8-3-25)44-16-12-29(13-17-44)41-37-39-21-27(22-40-37)26-4-5-26/h2-3,6-9,20-22,24,26,29,33,49H,4-5,10-19,23H2,1H3,(H,39,40,41)(H,42,46,47)/t24-,33+/m1/s1. The number of anilines is 2. The van der Waals surface area contributed by atoms with E-state index in [9.17, 15) is 19.5 Å². The lowest BCUT2D eigenvalue weighted by molar-refractivity contribution is -0.137. The third-order valence-electron chi connectivity index (χ3n) is 11.4. The molecule has 0 unspecified atom stereocenters. The first-order valence-corrected chi connectivity index (χ1v) is 17.9. The van der Waals surface area contributed by atoms with Crippen LogP contribution in [0.5, 0.6) is 0 Å². The van der Waals surface area contributed by atoms with E-state index in [1.807, 2.05) is 31.5 Å². The number of benzene rings is 2. The molecule has 49 heavy (non-hydrogen) atoms. The molecule has 3 N–H and O–H groups in total. The Morgan fingerprint density at radius 3 is 2.31 bits per heavy atom. The summed E-state index contributed by atoms with van der Waals surface area (Å²) in [4.78, 5) is 53.1. The molecule has 3 saturated heterocycles. The van der Waals surface area contributed by atoms with E-state index in [4.69, 9.17) is 0 Å². The van der Waals surface area contributed by atoms with E-state index >= 15 is 0 Å². The van der Waals surface area contributed by atoms with E-state index in [0.29, 0.717) is 36.8 Å². The summed E-state index contributed by atoms with van der Waals surface area (Å²) in [6.07, 6.45) is 10.3. The molecule has 11 nitrogen and oxygen atoms in total. The van der Waals surface area contributed by atoms with Gasteiger partial charge in [-0.15, -0.1) is 0 Å². The van der Waals surface area contributed by atoms with Gasteiger partial charge in [-0.25, -0.2) is 9.97 Å². The van der Waals surface area contributed by atoms with E-state index < -0.39 is 17.6 Å². The maximum Gasteiger partial charge on any atom is 0.255 e. The predicted molar refractivity (Wildman–Crippen MR) is 185 cm³/mol. The van der Waals surface area contributed by atoms with Gasteiger partial charge in [-0.2, -0.15) is 0 Å². The second kappa shape index (κ2) is 12.8. The maximum atomic E-state index is 13.3. The molecule has 0 spiro atoms. The first-order valence-electron chi connectivity index (χ1n) is 17.9. The Kier molecular flexibility index (Phi) is 8.35. The van der Waals surface area contributed by atoms with Crippen molar-refractivity contribution in [2.45, 2.75) is 94.5 Å². The number of fused-ring (bicyclic) bond motifs is 1. The number of aliphatic hydroxyl groups is 1. The van der Waals surface area contributed by atoms with Crippen molar-refractivity contribution in [1.82, 2.24) is 25.1 Å². The lowest BCUT2D eigenvalue weighted by Crippen LogP contribution is -2.53.